The molecule has 0 fully saturated rings. The standard InChI is InChI=1S/C17H18N2O4/c1-12(13-7-3-4-8-14(13)20)18-19-17(21)11-23-16-10-6-5-9-15(16)22-2/h3-10,20H,11H2,1-2H3,(H,19,21)/b18-12+. The summed E-state index contributed by atoms with van der Waals surface area (Å²) in [4.78, 5) is 11.8. The van der Waals surface area contributed by atoms with E-state index in [0.717, 1.165) is 0 Å². The summed E-state index contributed by atoms with van der Waals surface area (Å²) in [6, 6.07) is 13.8. The van der Waals surface area contributed by atoms with E-state index in [1.54, 1.807) is 49.4 Å². The topological polar surface area (TPSA) is 80.2 Å². The average molecular weight is 314 g/mol. The van der Waals surface area contributed by atoms with Gasteiger partial charge in [0.05, 0.1) is 12.8 Å². The predicted octanol–water partition coefficient (Wildman–Crippen LogP) is 2.32. The van der Waals surface area contributed by atoms with E-state index in [1.807, 2.05) is 6.07 Å². The van der Waals surface area contributed by atoms with Gasteiger partial charge in [-0.2, -0.15) is 5.10 Å². The van der Waals surface area contributed by atoms with Crippen molar-refractivity contribution in [3.05, 3.63) is 54.1 Å². The molecular formula is C17H18N2O4. The monoisotopic (exact) mass is 314 g/mol. The van der Waals surface area contributed by atoms with Crippen molar-refractivity contribution in [3.8, 4) is 17.2 Å². The van der Waals surface area contributed by atoms with Crippen LogP contribution >= 0.6 is 0 Å². The van der Waals surface area contributed by atoms with Crippen LogP contribution in [0.15, 0.2) is 53.6 Å². The highest BCUT2D eigenvalue weighted by molar-refractivity contribution is 6.01. The number of aromatic hydroxyl groups is 1. The number of rotatable bonds is 6. The molecule has 120 valence electrons. The highest BCUT2D eigenvalue weighted by Gasteiger charge is 2.07. The Hall–Kier alpha value is -3.02. The minimum absolute atomic E-state index is 0.105. The van der Waals surface area contributed by atoms with Gasteiger partial charge in [0, 0.05) is 5.56 Å². The highest BCUT2D eigenvalue weighted by Crippen LogP contribution is 2.25. The summed E-state index contributed by atoms with van der Waals surface area (Å²) in [7, 11) is 1.53. The summed E-state index contributed by atoms with van der Waals surface area (Å²) >= 11 is 0. The van der Waals surface area contributed by atoms with Gasteiger partial charge < -0.3 is 14.6 Å². The fraction of sp³-hybridized carbons (Fsp3) is 0.176. The van der Waals surface area contributed by atoms with Gasteiger partial charge in [-0.15, -0.1) is 0 Å². The molecule has 2 rings (SSSR count). The number of nitrogens with zero attached hydrogens (tertiary/aromatic N) is 1. The van der Waals surface area contributed by atoms with Crippen LogP contribution in [0.3, 0.4) is 0 Å². The Kier molecular flexibility index (Phi) is 5.57. The van der Waals surface area contributed by atoms with E-state index < -0.39 is 5.91 Å². The van der Waals surface area contributed by atoms with Gasteiger partial charge in [0.2, 0.25) is 0 Å². The number of phenolic OH excluding ortho intramolecular Hbond substituents is 1. The Bertz CT molecular complexity index is 713. The van der Waals surface area contributed by atoms with Crippen LogP contribution in [0.1, 0.15) is 12.5 Å². The SMILES string of the molecule is COc1ccccc1OCC(=O)N/N=C(\C)c1ccccc1O. The molecule has 0 heterocycles. The van der Waals surface area contributed by atoms with E-state index in [2.05, 4.69) is 10.5 Å². The molecule has 0 aromatic heterocycles. The van der Waals surface area contributed by atoms with Crippen LogP contribution < -0.4 is 14.9 Å². The van der Waals surface area contributed by atoms with Crippen molar-refractivity contribution in [3.63, 3.8) is 0 Å². The maximum atomic E-state index is 11.8. The number of para-hydroxylation sites is 3. The lowest BCUT2D eigenvalue weighted by Crippen LogP contribution is -2.25. The zero-order valence-corrected chi connectivity index (χ0v) is 12.9. The smallest absolute Gasteiger partial charge is 0.277 e. The molecule has 0 atom stereocenters. The van der Waals surface area contributed by atoms with Crippen LogP contribution in [0.4, 0.5) is 0 Å². The number of phenols is 1. The van der Waals surface area contributed by atoms with Crippen LogP contribution in [0.2, 0.25) is 0 Å². The number of hydrogen-bond donors (Lipinski definition) is 2. The molecule has 6 heteroatoms. The van der Waals surface area contributed by atoms with Crippen LogP contribution in [-0.2, 0) is 4.79 Å². The van der Waals surface area contributed by atoms with Crippen molar-refractivity contribution in [2.75, 3.05) is 13.7 Å². The van der Waals surface area contributed by atoms with Crippen molar-refractivity contribution in [2.45, 2.75) is 6.92 Å². The molecule has 0 aliphatic carbocycles. The Morgan fingerprint density at radius 3 is 2.48 bits per heavy atom. The van der Waals surface area contributed by atoms with Crippen LogP contribution in [-0.4, -0.2) is 30.4 Å². The van der Waals surface area contributed by atoms with Gasteiger partial charge in [0.25, 0.3) is 5.91 Å². The second-order valence-corrected chi connectivity index (χ2v) is 4.69. The number of hydrazone groups is 1. The molecule has 0 spiro atoms. The molecule has 6 nitrogen and oxygen atoms in total. The molecule has 0 radical (unpaired) electrons. The van der Waals surface area contributed by atoms with Crippen LogP contribution in [0.25, 0.3) is 0 Å². The van der Waals surface area contributed by atoms with Gasteiger partial charge in [-0.3, -0.25) is 4.79 Å². The third-order valence-electron chi connectivity index (χ3n) is 3.07. The average Bonchev–Trinajstić information content (AvgIpc) is 2.58. The number of ether oxygens (including phenoxy) is 2. The molecule has 0 aliphatic heterocycles. The van der Waals surface area contributed by atoms with Crippen LogP contribution in [0.5, 0.6) is 17.2 Å². The number of benzene rings is 2. The molecule has 2 N–H and O–H groups in total. The quantitative estimate of drug-likeness (QED) is 0.633. The second-order valence-electron chi connectivity index (χ2n) is 4.69. The van der Waals surface area contributed by atoms with Crippen molar-refractivity contribution >= 4 is 11.6 Å². The lowest BCUT2D eigenvalue weighted by molar-refractivity contribution is -0.123. The third-order valence-corrected chi connectivity index (χ3v) is 3.07. The Morgan fingerprint density at radius 2 is 1.78 bits per heavy atom. The summed E-state index contributed by atoms with van der Waals surface area (Å²) < 4.78 is 10.5. The van der Waals surface area contributed by atoms with Crippen molar-refractivity contribution < 1.29 is 19.4 Å². The predicted molar refractivity (Wildman–Crippen MR) is 86.9 cm³/mol. The van der Waals surface area contributed by atoms with Gasteiger partial charge >= 0.3 is 0 Å². The second kappa shape index (κ2) is 7.84. The molecule has 0 unspecified atom stereocenters. The van der Waals surface area contributed by atoms with E-state index >= 15 is 0 Å². The number of carbonyl (C=O) groups is 1. The van der Waals surface area contributed by atoms with Crippen LogP contribution in [0, 0.1) is 0 Å². The maximum Gasteiger partial charge on any atom is 0.277 e. The van der Waals surface area contributed by atoms with E-state index in [1.165, 1.54) is 7.11 Å². The summed E-state index contributed by atoms with van der Waals surface area (Å²) in [6.45, 7) is 1.49. The summed E-state index contributed by atoms with van der Waals surface area (Å²) in [5, 5.41) is 13.7. The van der Waals surface area contributed by atoms with E-state index in [-0.39, 0.29) is 12.4 Å². The fourth-order valence-electron chi connectivity index (χ4n) is 1.90. The molecular weight excluding hydrogens is 296 g/mol. The Labute approximate surface area is 134 Å². The number of amides is 1. The molecule has 0 saturated heterocycles. The minimum Gasteiger partial charge on any atom is -0.507 e. The maximum absolute atomic E-state index is 11.8. The van der Waals surface area contributed by atoms with Gasteiger partial charge in [-0.1, -0.05) is 24.3 Å². The number of hydrogen-bond acceptors (Lipinski definition) is 5. The normalized spacial score (nSPS) is 11.0. The van der Waals surface area contributed by atoms with Gasteiger partial charge in [-0.05, 0) is 31.2 Å². The van der Waals surface area contributed by atoms with Gasteiger partial charge in [0.1, 0.15) is 5.75 Å². The van der Waals surface area contributed by atoms with Crippen molar-refractivity contribution in [1.82, 2.24) is 5.43 Å². The van der Waals surface area contributed by atoms with E-state index in [4.69, 9.17) is 9.47 Å². The van der Waals surface area contributed by atoms with E-state index in [0.29, 0.717) is 22.8 Å². The summed E-state index contributed by atoms with van der Waals surface area (Å²) in [6.07, 6.45) is 0. The molecule has 0 bridgehead atoms. The lowest BCUT2D eigenvalue weighted by atomic mass is 10.1. The molecule has 2 aromatic carbocycles. The van der Waals surface area contributed by atoms with E-state index in [9.17, 15) is 9.90 Å². The molecule has 2 aromatic rings. The first-order chi connectivity index (χ1) is 11.1. The Balaban J connectivity index is 1.92. The number of carbonyl (C=O) groups excluding carboxylic acids is 1. The molecule has 0 saturated carbocycles. The number of nitrogens with one attached hydrogen (secondary N) is 1. The van der Waals surface area contributed by atoms with Crippen molar-refractivity contribution in [1.29, 1.82) is 0 Å². The van der Waals surface area contributed by atoms with Crippen molar-refractivity contribution in [2.24, 2.45) is 5.10 Å². The Morgan fingerprint density at radius 1 is 1.13 bits per heavy atom. The van der Waals surface area contributed by atoms with Gasteiger partial charge in [-0.25, -0.2) is 5.43 Å². The first-order valence-electron chi connectivity index (χ1n) is 6.99. The first-order valence-corrected chi connectivity index (χ1v) is 6.99. The van der Waals surface area contributed by atoms with Gasteiger partial charge in [0.15, 0.2) is 18.1 Å². The first kappa shape index (κ1) is 16.4. The molecule has 1 amide bonds. The summed E-state index contributed by atoms with van der Waals surface area (Å²) in [5.74, 6) is 0.722. The molecule has 23 heavy (non-hydrogen) atoms. The zero-order chi connectivity index (χ0) is 16.7. The minimum atomic E-state index is -0.411. The highest BCUT2D eigenvalue weighted by atomic mass is 16.5. The third kappa shape index (κ3) is 4.47. The summed E-state index contributed by atoms with van der Waals surface area (Å²) in [5.41, 5.74) is 3.44. The fourth-order valence-corrected chi connectivity index (χ4v) is 1.90. The number of methoxy groups -OCH3 is 1. The largest absolute Gasteiger partial charge is 0.507 e. The molecule has 0 aliphatic rings. The zero-order valence-electron chi connectivity index (χ0n) is 12.9. The lowest BCUT2D eigenvalue weighted by Gasteiger charge is -2.09.